The average molecular weight is 424 g/mol. The lowest BCUT2D eigenvalue weighted by Crippen LogP contribution is -2.52. The van der Waals surface area contributed by atoms with Gasteiger partial charge in [0.05, 0.1) is 20.3 Å². The second-order valence-corrected chi connectivity index (χ2v) is 8.63. The third-order valence-corrected chi connectivity index (χ3v) is 6.94. The highest BCUT2D eigenvalue weighted by molar-refractivity contribution is 5.85. The van der Waals surface area contributed by atoms with Gasteiger partial charge in [-0.3, -0.25) is 4.90 Å². The van der Waals surface area contributed by atoms with Crippen LogP contribution in [-0.2, 0) is 4.74 Å². The first-order chi connectivity index (χ1) is 13.8. The molecule has 2 heterocycles. The van der Waals surface area contributed by atoms with E-state index in [9.17, 15) is 0 Å². The number of nitrogens with zero attached hydrogens (tertiary/aromatic N) is 1. The van der Waals surface area contributed by atoms with E-state index in [-0.39, 0.29) is 12.4 Å². The maximum atomic E-state index is 5.74. The lowest BCUT2D eigenvalue weighted by atomic mass is 9.93. The van der Waals surface area contributed by atoms with Crippen LogP contribution in [0, 0.1) is 5.92 Å². The Morgan fingerprint density at radius 3 is 2.62 bits per heavy atom. The number of rotatable bonds is 7. The standard InChI is InChI=1S/C23H37N3O2.ClH/c1-27-19-10-8-18(9-11-19)23(26-13-3-2-4-14-26)16-25-21-7-5-6-20(21)22-17-28-15-12-24-22;/h8-11,20-25H,2-7,12-17H2,1H3;1H. The molecule has 0 bridgehead atoms. The van der Waals surface area contributed by atoms with Gasteiger partial charge in [0, 0.05) is 31.2 Å². The molecule has 6 heteroatoms. The molecule has 29 heavy (non-hydrogen) atoms. The lowest BCUT2D eigenvalue weighted by molar-refractivity contribution is 0.0516. The van der Waals surface area contributed by atoms with Crippen molar-refractivity contribution in [2.75, 3.05) is 46.5 Å². The van der Waals surface area contributed by atoms with Crippen LogP contribution in [-0.4, -0.2) is 63.5 Å². The van der Waals surface area contributed by atoms with Gasteiger partial charge in [-0.15, -0.1) is 12.4 Å². The van der Waals surface area contributed by atoms with Crippen LogP contribution < -0.4 is 15.4 Å². The van der Waals surface area contributed by atoms with E-state index < -0.39 is 0 Å². The zero-order valence-electron chi connectivity index (χ0n) is 17.8. The second kappa shape index (κ2) is 11.5. The molecule has 1 saturated carbocycles. The molecular weight excluding hydrogens is 386 g/mol. The first-order valence-corrected chi connectivity index (χ1v) is 11.3. The summed E-state index contributed by atoms with van der Waals surface area (Å²) in [6.07, 6.45) is 7.95. The fourth-order valence-electron chi connectivity index (χ4n) is 5.36. The van der Waals surface area contributed by atoms with E-state index in [1.165, 1.54) is 57.2 Å². The summed E-state index contributed by atoms with van der Waals surface area (Å²) in [6, 6.07) is 10.3. The Labute approximate surface area is 182 Å². The molecule has 0 aromatic heterocycles. The molecule has 2 N–H and O–H groups in total. The van der Waals surface area contributed by atoms with E-state index in [2.05, 4.69) is 39.8 Å². The Morgan fingerprint density at radius 2 is 1.93 bits per heavy atom. The minimum absolute atomic E-state index is 0. The summed E-state index contributed by atoms with van der Waals surface area (Å²) < 4.78 is 11.1. The number of likely N-dealkylation sites (tertiary alicyclic amines) is 1. The van der Waals surface area contributed by atoms with Crippen molar-refractivity contribution < 1.29 is 9.47 Å². The fourth-order valence-corrected chi connectivity index (χ4v) is 5.36. The quantitative estimate of drug-likeness (QED) is 0.703. The molecule has 3 fully saturated rings. The Bertz CT molecular complexity index is 588. The summed E-state index contributed by atoms with van der Waals surface area (Å²) in [6.45, 7) is 6.18. The molecule has 0 radical (unpaired) electrons. The molecule has 0 amide bonds. The van der Waals surface area contributed by atoms with Gasteiger partial charge in [0.15, 0.2) is 0 Å². The highest BCUT2D eigenvalue weighted by Gasteiger charge is 2.35. The lowest BCUT2D eigenvalue weighted by Gasteiger charge is -2.37. The van der Waals surface area contributed by atoms with Crippen LogP contribution in [0.4, 0.5) is 0 Å². The van der Waals surface area contributed by atoms with Gasteiger partial charge < -0.3 is 20.1 Å². The number of benzene rings is 1. The number of nitrogens with one attached hydrogen (secondary N) is 2. The van der Waals surface area contributed by atoms with Crippen molar-refractivity contribution in [1.29, 1.82) is 0 Å². The molecule has 1 aliphatic carbocycles. The average Bonchev–Trinajstić information content (AvgIpc) is 3.24. The normalized spacial score (nSPS) is 29.2. The summed E-state index contributed by atoms with van der Waals surface area (Å²) in [4.78, 5) is 2.68. The summed E-state index contributed by atoms with van der Waals surface area (Å²) in [5, 5.41) is 7.68. The van der Waals surface area contributed by atoms with Gasteiger partial charge in [-0.25, -0.2) is 0 Å². The topological polar surface area (TPSA) is 45.8 Å². The molecule has 164 valence electrons. The zero-order chi connectivity index (χ0) is 19.2. The van der Waals surface area contributed by atoms with Gasteiger partial charge in [0.25, 0.3) is 0 Å². The maximum Gasteiger partial charge on any atom is 0.118 e. The van der Waals surface area contributed by atoms with E-state index in [0.29, 0.717) is 24.0 Å². The largest absolute Gasteiger partial charge is 0.497 e. The van der Waals surface area contributed by atoms with Crippen LogP contribution >= 0.6 is 12.4 Å². The van der Waals surface area contributed by atoms with E-state index in [1.807, 2.05) is 0 Å². The van der Waals surface area contributed by atoms with Crippen LogP contribution in [0.15, 0.2) is 24.3 Å². The van der Waals surface area contributed by atoms with Gasteiger partial charge in [0.2, 0.25) is 0 Å². The molecule has 0 spiro atoms. The highest BCUT2D eigenvalue weighted by atomic mass is 35.5. The number of ether oxygens (including phenoxy) is 2. The third-order valence-electron chi connectivity index (χ3n) is 6.94. The van der Waals surface area contributed by atoms with Crippen LogP contribution in [0.3, 0.4) is 0 Å². The van der Waals surface area contributed by atoms with Crippen molar-refractivity contribution in [2.45, 2.75) is 56.7 Å². The number of halogens is 1. The Hall–Kier alpha value is -0.850. The Kier molecular flexibility index (Phi) is 9.07. The monoisotopic (exact) mass is 423 g/mol. The van der Waals surface area contributed by atoms with Gasteiger partial charge in [-0.1, -0.05) is 25.0 Å². The molecule has 4 rings (SSSR count). The van der Waals surface area contributed by atoms with Crippen LogP contribution in [0.5, 0.6) is 5.75 Å². The summed E-state index contributed by atoms with van der Waals surface area (Å²) >= 11 is 0. The van der Waals surface area contributed by atoms with Gasteiger partial charge in [0.1, 0.15) is 5.75 Å². The second-order valence-electron chi connectivity index (χ2n) is 8.63. The van der Waals surface area contributed by atoms with Crippen molar-refractivity contribution in [2.24, 2.45) is 5.92 Å². The molecule has 4 atom stereocenters. The summed E-state index contributed by atoms with van der Waals surface area (Å²) in [5.74, 6) is 1.63. The van der Waals surface area contributed by atoms with Crippen LogP contribution in [0.1, 0.15) is 50.1 Å². The van der Waals surface area contributed by atoms with Crippen molar-refractivity contribution in [3.05, 3.63) is 29.8 Å². The third kappa shape index (κ3) is 5.86. The highest BCUT2D eigenvalue weighted by Crippen LogP contribution is 2.31. The molecule has 5 nitrogen and oxygen atoms in total. The maximum absolute atomic E-state index is 5.74. The van der Waals surface area contributed by atoms with Gasteiger partial charge >= 0.3 is 0 Å². The molecule has 2 aliphatic heterocycles. The summed E-state index contributed by atoms with van der Waals surface area (Å²) in [5.41, 5.74) is 1.41. The minimum atomic E-state index is 0. The summed E-state index contributed by atoms with van der Waals surface area (Å²) in [7, 11) is 1.74. The van der Waals surface area contributed by atoms with Crippen molar-refractivity contribution in [3.8, 4) is 5.75 Å². The number of hydrogen-bond donors (Lipinski definition) is 2. The van der Waals surface area contributed by atoms with E-state index in [4.69, 9.17) is 9.47 Å². The van der Waals surface area contributed by atoms with Gasteiger partial charge in [-0.05, 0) is 62.4 Å². The van der Waals surface area contributed by atoms with Crippen LogP contribution in [0.25, 0.3) is 0 Å². The first-order valence-electron chi connectivity index (χ1n) is 11.3. The zero-order valence-corrected chi connectivity index (χ0v) is 18.6. The number of morpholine rings is 1. The minimum Gasteiger partial charge on any atom is -0.497 e. The first kappa shape index (κ1) is 22.8. The molecular formula is C23H38ClN3O2. The number of hydrogen-bond acceptors (Lipinski definition) is 5. The predicted molar refractivity (Wildman–Crippen MR) is 120 cm³/mol. The predicted octanol–water partition coefficient (Wildman–Crippen LogP) is 3.39. The van der Waals surface area contributed by atoms with E-state index >= 15 is 0 Å². The van der Waals surface area contributed by atoms with Crippen LogP contribution in [0.2, 0.25) is 0 Å². The van der Waals surface area contributed by atoms with Crippen molar-refractivity contribution in [3.63, 3.8) is 0 Å². The fraction of sp³-hybridized carbons (Fsp3) is 0.739. The van der Waals surface area contributed by atoms with E-state index in [0.717, 1.165) is 32.1 Å². The Balaban J connectivity index is 0.00000240. The van der Waals surface area contributed by atoms with Crippen molar-refractivity contribution in [1.82, 2.24) is 15.5 Å². The van der Waals surface area contributed by atoms with E-state index in [1.54, 1.807) is 7.11 Å². The molecule has 2 saturated heterocycles. The Morgan fingerprint density at radius 1 is 1.14 bits per heavy atom. The molecule has 1 aromatic rings. The number of methoxy groups -OCH3 is 1. The molecule has 3 aliphatic rings. The molecule has 1 aromatic carbocycles. The number of piperidine rings is 1. The van der Waals surface area contributed by atoms with Gasteiger partial charge in [-0.2, -0.15) is 0 Å². The smallest absolute Gasteiger partial charge is 0.118 e. The van der Waals surface area contributed by atoms with Crippen molar-refractivity contribution >= 4 is 12.4 Å². The molecule has 4 unspecified atom stereocenters. The SMILES string of the molecule is COc1ccc(C(CNC2CCCC2C2COCCN2)N2CCCCC2)cc1.Cl.